The SMILES string of the molecule is CCCOc1cc(OC)cc2c1-c1c(OC(C)C3CCCCN3)cccc1C2=O. The number of benzene rings is 2. The Hall–Kier alpha value is -2.53. The van der Waals surface area contributed by atoms with Gasteiger partial charge in [-0.2, -0.15) is 0 Å². The van der Waals surface area contributed by atoms with Crippen LogP contribution in [-0.2, 0) is 0 Å². The lowest BCUT2D eigenvalue weighted by molar-refractivity contribution is 0.104. The van der Waals surface area contributed by atoms with Crippen molar-refractivity contribution in [3.63, 3.8) is 0 Å². The van der Waals surface area contributed by atoms with Crippen molar-refractivity contribution < 1.29 is 19.0 Å². The van der Waals surface area contributed by atoms with E-state index in [4.69, 9.17) is 14.2 Å². The van der Waals surface area contributed by atoms with Crippen LogP contribution in [0.4, 0.5) is 0 Å². The predicted molar refractivity (Wildman–Crippen MR) is 113 cm³/mol. The second-order valence-electron chi connectivity index (χ2n) is 7.78. The van der Waals surface area contributed by atoms with Crippen molar-refractivity contribution in [3.8, 4) is 28.4 Å². The third kappa shape index (κ3) is 3.71. The summed E-state index contributed by atoms with van der Waals surface area (Å²) in [6, 6.07) is 9.69. The Bertz CT molecular complexity index is 902. The summed E-state index contributed by atoms with van der Waals surface area (Å²) in [5.41, 5.74) is 2.93. The van der Waals surface area contributed by atoms with Crippen molar-refractivity contribution in [2.45, 2.75) is 51.7 Å². The summed E-state index contributed by atoms with van der Waals surface area (Å²) in [7, 11) is 1.60. The summed E-state index contributed by atoms with van der Waals surface area (Å²) in [6.45, 7) is 5.77. The van der Waals surface area contributed by atoms with Gasteiger partial charge in [-0.1, -0.05) is 25.5 Å². The molecule has 154 valence electrons. The number of carbonyl (C=O) groups excluding carboxylic acids is 1. The minimum atomic E-state index is -0.0101. The van der Waals surface area contributed by atoms with Crippen LogP contribution < -0.4 is 19.5 Å². The van der Waals surface area contributed by atoms with E-state index in [0.29, 0.717) is 35.3 Å². The van der Waals surface area contributed by atoms with Crippen LogP contribution in [0.3, 0.4) is 0 Å². The molecule has 0 radical (unpaired) electrons. The monoisotopic (exact) mass is 395 g/mol. The summed E-state index contributed by atoms with van der Waals surface area (Å²) in [5, 5.41) is 3.56. The second-order valence-corrected chi connectivity index (χ2v) is 7.78. The summed E-state index contributed by atoms with van der Waals surface area (Å²) in [5.74, 6) is 2.02. The molecule has 1 fully saturated rings. The average molecular weight is 395 g/mol. The molecular formula is C24H29NO4. The van der Waals surface area contributed by atoms with Crippen LogP contribution in [0.5, 0.6) is 17.2 Å². The standard InChI is InChI=1S/C24H29NO4/c1-4-12-28-21-14-16(27-3)13-18-23(21)22-17(24(18)26)8-7-10-20(22)29-15(2)19-9-5-6-11-25-19/h7-8,10,13-15,19,25H,4-6,9,11-12H2,1-3H3. The van der Waals surface area contributed by atoms with Crippen molar-refractivity contribution in [3.05, 3.63) is 41.5 Å². The zero-order valence-corrected chi connectivity index (χ0v) is 17.4. The number of ether oxygens (including phenoxy) is 3. The predicted octanol–water partition coefficient (Wildman–Crippen LogP) is 4.60. The number of piperidine rings is 1. The normalized spacial score (nSPS) is 18.7. The van der Waals surface area contributed by atoms with Crippen LogP contribution in [0.25, 0.3) is 11.1 Å². The fourth-order valence-corrected chi connectivity index (χ4v) is 4.25. The van der Waals surface area contributed by atoms with Gasteiger partial charge in [0.15, 0.2) is 5.78 Å². The molecule has 1 aliphatic carbocycles. The molecule has 1 aliphatic heterocycles. The van der Waals surface area contributed by atoms with E-state index < -0.39 is 0 Å². The lowest BCUT2D eigenvalue weighted by Gasteiger charge is -2.30. The molecule has 4 rings (SSSR count). The molecule has 1 saturated heterocycles. The Morgan fingerprint density at radius 1 is 1.14 bits per heavy atom. The molecule has 2 aliphatic rings. The summed E-state index contributed by atoms with van der Waals surface area (Å²) in [6.07, 6.45) is 4.43. The first-order valence-corrected chi connectivity index (χ1v) is 10.6. The van der Waals surface area contributed by atoms with Crippen LogP contribution in [-0.4, -0.2) is 38.2 Å². The van der Waals surface area contributed by atoms with Gasteiger partial charge in [0.2, 0.25) is 0 Å². The van der Waals surface area contributed by atoms with Crippen LogP contribution in [0.2, 0.25) is 0 Å². The highest BCUT2D eigenvalue weighted by molar-refractivity contribution is 6.23. The molecule has 0 amide bonds. The molecule has 5 nitrogen and oxygen atoms in total. The molecule has 0 spiro atoms. The number of carbonyl (C=O) groups is 1. The summed E-state index contributed by atoms with van der Waals surface area (Å²) in [4.78, 5) is 13.1. The molecular weight excluding hydrogens is 366 g/mol. The molecule has 0 aromatic heterocycles. The summed E-state index contributed by atoms with van der Waals surface area (Å²) < 4.78 is 17.8. The van der Waals surface area contributed by atoms with E-state index in [2.05, 4.69) is 19.2 Å². The molecule has 2 unspecified atom stereocenters. The van der Waals surface area contributed by atoms with Crippen molar-refractivity contribution >= 4 is 5.78 Å². The zero-order chi connectivity index (χ0) is 20.4. The van der Waals surface area contributed by atoms with Gasteiger partial charge in [0.05, 0.1) is 13.7 Å². The summed E-state index contributed by atoms with van der Waals surface area (Å²) >= 11 is 0. The molecule has 2 aromatic rings. The van der Waals surface area contributed by atoms with Crippen molar-refractivity contribution in [2.75, 3.05) is 20.3 Å². The minimum absolute atomic E-state index is 0.0101. The first-order valence-electron chi connectivity index (χ1n) is 10.6. The maximum atomic E-state index is 13.1. The van der Waals surface area contributed by atoms with Gasteiger partial charge in [-0.25, -0.2) is 0 Å². The molecule has 0 bridgehead atoms. The highest BCUT2D eigenvalue weighted by Crippen LogP contribution is 2.49. The number of hydrogen-bond acceptors (Lipinski definition) is 5. The van der Waals surface area contributed by atoms with E-state index in [9.17, 15) is 4.79 Å². The Labute approximate surface area is 172 Å². The number of methoxy groups -OCH3 is 1. The van der Waals surface area contributed by atoms with Gasteiger partial charge in [-0.3, -0.25) is 4.79 Å². The highest BCUT2D eigenvalue weighted by Gasteiger charge is 2.34. The van der Waals surface area contributed by atoms with Gasteiger partial charge in [0.25, 0.3) is 0 Å². The number of rotatable bonds is 7. The van der Waals surface area contributed by atoms with E-state index in [1.807, 2.05) is 24.3 Å². The Morgan fingerprint density at radius 2 is 1.97 bits per heavy atom. The quantitative estimate of drug-likeness (QED) is 0.633. The van der Waals surface area contributed by atoms with Crippen molar-refractivity contribution in [1.29, 1.82) is 0 Å². The number of fused-ring (bicyclic) bond motifs is 3. The fraction of sp³-hybridized carbons (Fsp3) is 0.458. The molecule has 1 N–H and O–H groups in total. The van der Waals surface area contributed by atoms with E-state index in [1.165, 1.54) is 12.8 Å². The van der Waals surface area contributed by atoms with Gasteiger partial charge in [-0.05, 0) is 44.9 Å². The fourth-order valence-electron chi connectivity index (χ4n) is 4.25. The Balaban J connectivity index is 1.75. The third-order valence-corrected chi connectivity index (χ3v) is 5.77. The largest absolute Gasteiger partial charge is 0.497 e. The molecule has 2 atom stereocenters. The smallest absolute Gasteiger partial charge is 0.194 e. The molecule has 2 aromatic carbocycles. The lowest BCUT2D eigenvalue weighted by atomic mass is 10.00. The molecule has 29 heavy (non-hydrogen) atoms. The van der Waals surface area contributed by atoms with E-state index >= 15 is 0 Å². The number of ketones is 1. The first kappa shape index (κ1) is 19.8. The third-order valence-electron chi connectivity index (χ3n) is 5.77. The van der Waals surface area contributed by atoms with Crippen molar-refractivity contribution in [2.24, 2.45) is 0 Å². The van der Waals surface area contributed by atoms with Gasteiger partial charge >= 0.3 is 0 Å². The zero-order valence-electron chi connectivity index (χ0n) is 17.4. The first-order chi connectivity index (χ1) is 14.1. The maximum Gasteiger partial charge on any atom is 0.194 e. The van der Waals surface area contributed by atoms with E-state index in [-0.39, 0.29) is 11.9 Å². The number of hydrogen-bond donors (Lipinski definition) is 1. The molecule has 0 saturated carbocycles. The van der Waals surface area contributed by atoms with Gasteiger partial charge in [0.1, 0.15) is 23.4 Å². The minimum Gasteiger partial charge on any atom is -0.497 e. The Kier molecular flexibility index (Phi) is 5.76. The van der Waals surface area contributed by atoms with E-state index in [1.54, 1.807) is 13.2 Å². The number of nitrogens with one attached hydrogen (secondary N) is 1. The molecule has 1 heterocycles. The highest BCUT2D eigenvalue weighted by atomic mass is 16.5. The van der Waals surface area contributed by atoms with Crippen LogP contribution in [0.15, 0.2) is 30.3 Å². The van der Waals surface area contributed by atoms with E-state index in [0.717, 1.165) is 36.3 Å². The van der Waals surface area contributed by atoms with Gasteiger partial charge in [0, 0.05) is 34.4 Å². The lowest BCUT2D eigenvalue weighted by Crippen LogP contribution is -2.44. The van der Waals surface area contributed by atoms with Crippen molar-refractivity contribution in [1.82, 2.24) is 5.32 Å². The topological polar surface area (TPSA) is 56.8 Å². The maximum absolute atomic E-state index is 13.1. The van der Waals surface area contributed by atoms with Crippen LogP contribution in [0.1, 0.15) is 55.5 Å². The second kappa shape index (κ2) is 8.46. The van der Waals surface area contributed by atoms with Gasteiger partial charge in [-0.15, -0.1) is 0 Å². The molecule has 5 heteroatoms. The van der Waals surface area contributed by atoms with Gasteiger partial charge < -0.3 is 19.5 Å². The average Bonchev–Trinajstić information content (AvgIpc) is 3.05. The van der Waals surface area contributed by atoms with Crippen LogP contribution in [0, 0.1) is 0 Å². The Morgan fingerprint density at radius 3 is 2.69 bits per heavy atom. The van der Waals surface area contributed by atoms with Crippen LogP contribution >= 0.6 is 0 Å².